The second-order valence-electron chi connectivity index (χ2n) is 22.4. The van der Waals surface area contributed by atoms with Gasteiger partial charge in [0, 0.05) is 95.1 Å². The molecular weight excluding hydrogens is 1070 g/mol. The molecule has 0 atom stereocenters. The summed E-state index contributed by atoms with van der Waals surface area (Å²) in [6.07, 6.45) is 1.98. The topological polar surface area (TPSA) is 37.4 Å². The summed E-state index contributed by atoms with van der Waals surface area (Å²) in [5.41, 5.74) is 20.0. The number of fused-ring (bicyclic) bond motifs is 10. The van der Waals surface area contributed by atoms with Crippen LogP contribution in [-0.4, -0.2) is 18.7 Å². The summed E-state index contributed by atoms with van der Waals surface area (Å²) in [5.74, 6) is 0. The molecule has 0 saturated heterocycles. The van der Waals surface area contributed by atoms with Gasteiger partial charge in [-0.2, -0.15) is 0 Å². The predicted molar refractivity (Wildman–Crippen MR) is 369 cm³/mol. The Morgan fingerprint density at radius 1 is 0.216 bits per heavy atom. The first-order valence-corrected chi connectivity index (χ1v) is 29.9. The fourth-order valence-corrected chi connectivity index (χ4v) is 13.6. The predicted octanol–water partition coefficient (Wildman–Crippen LogP) is 21.9. The Labute approximate surface area is 508 Å². The molecule has 17 rings (SSSR count). The average Bonchev–Trinajstić information content (AvgIpc) is 1.41. The molecule has 4 aromatic heterocycles. The van der Waals surface area contributed by atoms with Crippen LogP contribution >= 0.6 is 0 Å². The normalized spacial score (nSPS) is 11.6. The third-order valence-electron chi connectivity index (χ3n) is 17.4. The Kier molecular flexibility index (Phi) is 12.1. The lowest BCUT2D eigenvalue weighted by molar-refractivity contribution is 1.18. The summed E-state index contributed by atoms with van der Waals surface area (Å²) in [6, 6.07) is 118. The Bertz CT molecular complexity index is 5450. The third-order valence-corrected chi connectivity index (χ3v) is 17.4. The Morgan fingerprint density at radius 3 is 0.932 bits per heavy atom. The van der Waals surface area contributed by atoms with Crippen LogP contribution in [0.1, 0.15) is 0 Å². The second-order valence-corrected chi connectivity index (χ2v) is 22.4. The number of hydrogen-bond donors (Lipinski definition) is 0. The van der Waals surface area contributed by atoms with Crippen LogP contribution in [0.25, 0.3) is 93.4 Å². The fraction of sp³-hybridized carbons (Fsp3) is 0. The van der Waals surface area contributed by atoms with E-state index in [0.29, 0.717) is 0 Å². The summed E-state index contributed by atoms with van der Waals surface area (Å²) in [4.78, 5) is 12.7. The van der Waals surface area contributed by atoms with Crippen LogP contribution in [0.15, 0.2) is 334 Å². The van der Waals surface area contributed by atoms with E-state index >= 15 is 0 Å². The van der Waals surface area contributed by atoms with Crippen molar-refractivity contribution in [3.05, 3.63) is 334 Å². The number of rotatable bonds is 12. The second kappa shape index (κ2) is 21.0. The quantitative estimate of drug-likeness (QED) is 0.122. The molecule has 0 radical (unpaired) electrons. The highest BCUT2D eigenvalue weighted by atomic mass is 15.2. The van der Waals surface area contributed by atoms with Gasteiger partial charge in [0.05, 0.1) is 55.7 Å². The molecule has 0 aliphatic rings. The number of anilines is 9. The molecule has 7 nitrogen and oxygen atoms in total. The fourth-order valence-electron chi connectivity index (χ4n) is 13.6. The van der Waals surface area contributed by atoms with Gasteiger partial charge in [-0.05, 0) is 164 Å². The van der Waals surface area contributed by atoms with Crippen molar-refractivity contribution in [3.8, 4) is 17.1 Å². The largest absolute Gasteiger partial charge is 0.310 e. The van der Waals surface area contributed by atoms with Gasteiger partial charge in [0.15, 0.2) is 0 Å². The summed E-state index contributed by atoms with van der Waals surface area (Å²) >= 11 is 0. The van der Waals surface area contributed by atoms with Crippen LogP contribution < -0.4 is 14.7 Å². The summed E-state index contributed by atoms with van der Waals surface area (Å²) in [6.45, 7) is 0. The Morgan fingerprint density at radius 2 is 0.534 bits per heavy atom. The molecule has 0 aliphatic heterocycles. The monoisotopic (exact) mass is 1130 g/mol. The van der Waals surface area contributed by atoms with Gasteiger partial charge < -0.3 is 28.4 Å². The first kappa shape index (κ1) is 50.6. The van der Waals surface area contributed by atoms with E-state index < -0.39 is 0 Å². The number of para-hydroxylation sites is 9. The van der Waals surface area contributed by atoms with E-state index in [1.165, 1.54) is 16.2 Å². The number of benzene rings is 13. The SMILES string of the molecule is c1ccc(N(c2cc(N(c3ccccc3)c3ccc4c(c3)c3ccccc3n4-c3ccccc3)c3c(N(c4ccccc4)c4ccc5c(c4)c4ccccc4n5-c4ccccc4)ccnc3c2)c2ccc3c(c2)c2ccccc2n3-c2ccccc2)cc1. The van der Waals surface area contributed by atoms with Gasteiger partial charge in [0.1, 0.15) is 0 Å². The van der Waals surface area contributed by atoms with Crippen molar-refractivity contribution in [2.75, 3.05) is 14.7 Å². The minimum atomic E-state index is 0.832. The van der Waals surface area contributed by atoms with Crippen LogP contribution in [0, 0.1) is 0 Å². The molecule has 7 heteroatoms. The lowest BCUT2D eigenvalue weighted by Crippen LogP contribution is -2.16. The Balaban J connectivity index is 0.956. The van der Waals surface area contributed by atoms with Gasteiger partial charge in [-0.3, -0.25) is 4.98 Å². The molecule has 17 aromatic rings. The van der Waals surface area contributed by atoms with Crippen molar-refractivity contribution in [3.63, 3.8) is 0 Å². The van der Waals surface area contributed by atoms with E-state index in [0.717, 1.165) is 128 Å². The first-order chi connectivity index (χ1) is 43.7. The molecule has 0 N–H and O–H groups in total. The van der Waals surface area contributed by atoms with Crippen LogP contribution in [0.3, 0.4) is 0 Å². The van der Waals surface area contributed by atoms with Gasteiger partial charge in [0.25, 0.3) is 0 Å². The smallest absolute Gasteiger partial charge is 0.0765 e. The molecule has 0 spiro atoms. The number of hydrogen-bond acceptors (Lipinski definition) is 4. The van der Waals surface area contributed by atoms with Gasteiger partial charge in [0.2, 0.25) is 0 Å². The molecule has 0 aliphatic carbocycles. The van der Waals surface area contributed by atoms with Crippen LogP contribution in [0.2, 0.25) is 0 Å². The number of pyridine rings is 1. The molecule has 88 heavy (non-hydrogen) atoms. The van der Waals surface area contributed by atoms with Crippen LogP contribution in [0.4, 0.5) is 51.2 Å². The highest BCUT2D eigenvalue weighted by molar-refractivity contribution is 6.16. The zero-order valence-corrected chi connectivity index (χ0v) is 47.9. The Hall–Kier alpha value is -11.9. The molecule has 0 fully saturated rings. The molecule has 4 heterocycles. The maximum absolute atomic E-state index is 5.47. The van der Waals surface area contributed by atoms with E-state index in [1.54, 1.807) is 0 Å². The zero-order valence-electron chi connectivity index (χ0n) is 47.9. The summed E-state index contributed by atoms with van der Waals surface area (Å²) < 4.78 is 7.15. The van der Waals surface area contributed by atoms with Crippen molar-refractivity contribution in [1.82, 2.24) is 18.7 Å². The first-order valence-electron chi connectivity index (χ1n) is 29.9. The molecule has 13 aromatic carbocycles. The van der Waals surface area contributed by atoms with Crippen LogP contribution in [-0.2, 0) is 0 Å². The van der Waals surface area contributed by atoms with Gasteiger partial charge in [-0.15, -0.1) is 0 Å². The minimum absolute atomic E-state index is 0.832. The van der Waals surface area contributed by atoms with Crippen molar-refractivity contribution >= 4 is 128 Å². The number of aromatic nitrogens is 4. The van der Waals surface area contributed by atoms with Crippen molar-refractivity contribution in [1.29, 1.82) is 0 Å². The van der Waals surface area contributed by atoms with E-state index in [-0.39, 0.29) is 0 Å². The maximum atomic E-state index is 5.47. The van der Waals surface area contributed by atoms with E-state index in [1.807, 2.05) is 6.20 Å². The summed E-state index contributed by atoms with van der Waals surface area (Å²) in [5, 5.41) is 8.00. The minimum Gasteiger partial charge on any atom is -0.310 e. The highest BCUT2D eigenvalue weighted by Gasteiger charge is 2.28. The van der Waals surface area contributed by atoms with Gasteiger partial charge >= 0.3 is 0 Å². The molecule has 0 bridgehead atoms. The summed E-state index contributed by atoms with van der Waals surface area (Å²) in [7, 11) is 0. The number of nitrogens with zero attached hydrogens (tertiary/aromatic N) is 7. The van der Waals surface area contributed by atoms with Crippen LogP contribution in [0.5, 0.6) is 0 Å². The third kappa shape index (κ3) is 8.32. The van der Waals surface area contributed by atoms with Crippen molar-refractivity contribution in [2.45, 2.75) is 0 Å². The van der Waals surface area contributed by atoms with E-state index in [9.17, 15) is 0 Å². The molecule has 0 unspecified atom stereocenters. The molecular formula is C81H55N7. The van der Waals surface area contributed by atoms with E-state index in [2.05, 4.69) is 356 Å². The van der Waals surface area contributed by atoms with Gasteiger partial charge in [-0.1, -0.05) is 164 Å². The van der Waals surface area contributed by atoms with Crippen molar-refractivity contribution < 1.29 is 0 Å². The molecule has 414 valence electrons. The molecule has 0 amide bonds. The average molecular weight is 1130 g/mol. The maximum Gasteiger partial charge on any atom is 0.0765 e. The van der Waals surface area contributed by atoms with Gasteiger partial charge in [-0.25, -0.2) is 0 Å². The van der Waals surface area contributed by atoms with Crippen molar-refractivity contribution in [2.24, 2.45) is 0 Å². The lowest BCUT2D eigenvalue weighted by atomic mass is 10.0. The standard InChI is InChI=1S/C81H55N7/c1-7-25-56(26-8-1)83(62-43-46-76-69(51-62)66-37-19-22-40-73(66)86(76)59-31-13-4-14-32-59)65-54-72-81(80(55-65)85(58-29-11-3-12-30-58)64-45-48-78-71(53-64)68-39-21-24-42-75(68)88(78)61-35-17-6-18-36-61)79(49-50-82-72)84(57-27-9-2-10-28-57)63-44-47-77-70(52-63)67-38-20-23-41-74(67)87(77)60-33-15-5-16-34-60/h1-55H. The highest BCUT2D eigenvalue weighted by Crippen LogP contribution is 2.51. The molecule has 0 saturated carbocycles. The van der Waals surface area contributed by atoms with E-state index in [4.69, 9.17) is 4.98 Å². The lowest BCUT2D eigenvalue weighted by Gasteiger charge is -2.33. The zero-order chi connectivity index (χ0) is 58.1.